The molecule has 10 heteroatoms. The summed E-state index contributed by atoms with van der Waals surface area (Å²) in [7, 11) is 0. The van der Waals surface area contributed by atoms with E-state index in [-0.39, 0.29) is 12.6 Å². The van der Waals surface area contributed by atoms with Gasteiger partial charge in [0.2, 0.25) is 13.2 Å². The highest BCUT2D eigenvalue weighted by atomic mass is 19.1. The third-order valence-electron chi connectivity index (χ3n) is 4.42. The number of carbonyl (C=O) groups excluding carboxylic acids is 1. The monoisotopic (exact) mass is 372 g/mol. The predicted octanol–water partition coefficient (Wildman–Crippen LogP) is 0.922. The van der Waals surface area contributed by atoms with Gasteiger partial charge >= 0.3 is 6.08 Å². The van der Waals surface area contributed by atoms with Gasteiger partial charge in [-0.3, -0.25) is 4.79 Å². The molecule has 0 saturated heterocycles. The molecule has 0 unspecified atom stereocenters. The number of nitrogen functional groups attached to an aromatic ring is 1. The van der Waals surface area contributed by atoms with Crippen molar-refractivity contribution in [3.05, 3.63) is 35.2 Å². The van der Waals surface area contributed by atoms with Gasteiger partial charge in [-0.2, -0.15) is 14.4 Å². The number of nitrogens with one attached hydrogen (secondary N) is 1. The lowest BCUT2D eigenvalue weighted by Crippen LogP contribution is -2.19. The van der Waals surface area contributed by atoms with E-state index in [2.05, 4.69) is 20.3 Å². The zero-order chi connectivity index (χ0) is 19.0. The van der Waals surface area contributed by atoms with Crippen LogP contribution in [-0.4, -0.2) is 39.3 Å². The Morgan fingerprint density at radius 1 is 1.30 bits per heavy atom. The van der Waals surface area contributed by atoms with Crippen molar-refractivity contribution in [2.24, 2.45) is 0 Å². The number of aromatic nitrogens is 4. The summed E-state index contributed by atoms with van der Waals surface area (Å²) in [5.41, 5.74) is 8.42. The number of imidazole rings is 1. The number of hydrogen-bond acceptors (Lipinski definition) is 7. The lowest BCUT2D eigenvalue weighted by Gasteiger charge is -2.10. The van der Waals surface area contributed by atoms with Gasteiger partial charge in [-0.25, -0.2) is 4.98 Å². The molecule has 1 amide bonds. The standard InChI is InChI=1S/C17H17FN6O3/c1-9-4-11-12(27-8-26-11)5-10(9)6-13-21-14-15(19)22-17(18)23-16(14)24(13)3-2-20-7-25/h4-5,7H,2-3,6,8H2,1H3,(H,20,25)(H2,19,22,23). The average Bonchev–Trinajstić information content (AvgIpc) is 3.20. The maximum absolute atomic E-state index is 13.7. The van der Waals surface area contributed by atoms with E-state index in [0.29, 0.717) is 54.4 Å². The predicted molar refractivity (Wildman–Crippen MR) is 93.9 cm³/mol. The molecule has 0 atom stereocenters. The largest absolute Gasteiger partial charge is 0.454 e. The summed E-state index contributed by atoms with van der Waals surface area (Å²) in [5, 5.41) is 2.58. The van der Waals surface area contributed by atoms with Crippen LogP contribution in [0, 0.1) is 13.0 Å². The molecule has 1 aliphatic heterocycles. The number of halogens is 1. The number of rotatable bonds is 6. The number of aryl methyl sites for hydroxylation is 1. The highest BCUT2D eigenvalue weighted by Crippen LogP contribution is 2.35. The van der Waals surface area contributed by atoms with E-state index in [9.17, 15) is 9.18 Å². The number of fused-ring (bicyclic) bond motifs is 2. The molecule has 0 spiro atoms. The molecule has 140 valence electrons. The molecule has 3 aromatic rings. The molecule has 1 aliphatic rings. The van der Waals surface area contributed by atoms with Crippen molar-refractivity contribution in [3.8, 4) is 11.5 Å². The van der Waals surface area contributed by atoms with Crippen LogP contribution in [0.1, 0.15) is 17.0 Å². The number of benzene rings is 1. The van der Waals surface area contributed by atoms with E-state index in [1.165, 1.54) is 0 Å². The zero-order valence-electron chi connectivity index (χ0n) is 14.5. The van der Waals surface area contributed by atoms with Gasteiger partial charge in [0.15, 0.2) is 28.5 Å². The summed E-state index contributed by atoms with van der Waals surface area (Å²) >= 11 is 0. The molecule has 9 nitrogen and oxygen atoms in total. The molecule has 4 rings (SSSR count). The maximum Gasteiger partial charge on any atom is 0.312 e. The van der Waals surface area contributed by atoms with Gasteiger partial charge in [0, 0.05) is 19.5 Å². The van der Waals surface area contributed by atoms with Crippen molar-refractivity contribution in [1.29, 1.82) is 0 Å². The summed E-state index contributed by atoms with van der Waals surface area (Å²) in [4.78, 5) is 22.5. The van der Waals surface area contributed by atoms with Crippen LogP contribution in [0.4, 0.5) is 10.2 Å². The number of nitrogens with zero attached hydrogens (tertiary/aromatic N) is 4. The minimum absolute atomic E-state index is 0.0248. The minimum Gasteiger partial charge on any atom is -0.454 e. The van der Waals surface area contributed by atoms with E-state index in [1.54, 1.807) is 4.57 Å². The molecule has 0 bridgehead atoms. The number of ether oxygens (including phenoxy) is 2. The first kappa shape index (κ1) is 17.0. The third kappa shape index (κ3) is 3.09. The molecule has 0 saturated carbocycles. The Hall–Kier alpha value is -3.43. The van der Waals surface area contributed by atoms with E-state index < -0.39 is 6.08 Å². The highest BCUT2D eigenvalue weighted by Gasteiger charge is 2.20. The first-order valence-electron chi connectivity index (χ1n) is 8.31. The van der Waals surface area contributed by atoms with Crippen molar-refractivity contribution in [3.63, 3.8) is 0 Å². The van der Waals surface area contributed by atoms with Crippen molar-refractivity contribution < 1.29 is 18.7 Å². The summed E-state index contributed by atoms with van der Waals surface area (Å²) in [6.07, 6.45) is 0.126. The second-order valence-corrected chi connectivity index (χ2v) is 6.11. The van der Waals surface area contributed by atoms with E-state index >= 15 is 0 Å². The van der Waals surface area contributed by atoms with Crippen LogP contribution in [0.3, 0.4) is 0 Å². The van der Waals surface area contributed by atoms with Crippen molar-refractivity contribution in [2.75, 3.05) is 19.1 Å². The van der Waals surface area contributed by atoms with Gasteiger partial charge < -0.3 is 25.1 Å². The summed E-state index contributed by atoms with van der Waals surface area (Å²) in [5.74, 6) is 1.98. The third-order valence-corrected chi connectivity index (χ3v) is 4.42. The van der Waals surface area contributed by atoms with Crippen LogP contribution in [0.25, 0.3) is 11.2 Å². The lowest BCUT2D eigenvalue weighted by molar-refractivity contribution is -0.109. The Balaban J connectivity index is 1.77. The molecule has 3 N–H and O–H groups in total. The second kappa shape index (κ2) is 6.71. The molecule has 0 radical (unpaired) electrons. The molecule has 2 aromatic heterocycles. The quantitative estimate of drug-likeness (QED) is 0.375. The lowest BCUT2D eigenvalue weighted by atomic mass is 10.0. The molecule has 0 fully saturated rings. The van der Waals surface area contributed by atoms with Gasteiger partial charge in [-0.1, -0.05) is 0 Å². The van der Waals surface area contributed by atoms with Gasteiger partial charge in [-0.05, 0) is 30.2 Å². The topological polar surface area (TPSA) is 117 Å². The molecule has 1 aromatic carbocycles. The second-order valence-electron chi connectivity index (χ2n) is 6.11. The maximum atomic E-state index is 13.7. The Morgan fingerprint density at radius 3 is 2.85 bits per heavy atom. The van der Waals surface area contributed by atoms with Crippen LogP contribution in [0.2, 0.25) is 0 Å². The first-order chi connectivity index (χ1) is 13.1. The van der Waals surface area contributed by atoms with Crippen LogP contribution in [-0.2, 0) is 17.8 Å². The Bertz CT molecular complexity index is 1040. The number of amides is 1. The first-order valence-corrected chi connectivity index (χ1v) is 8.31. The van der Waals surface area contributed by atoms with Crippen LogP contribution < -0.4 is 20.5 Å². The minimum atomic E-state index is -0.921. The fourth-order valence-electron chi connectivity index (χ4n) is 3.09. The van der Waals surface area contributed by atoms with E-state index in [4.69, 9.17) is 15.2 Å². The van der Waals surface area contributed by atoms with Gasteiger partial charge in [0.25, 0.3) is 0 Å². The molecular formula is C17H17FN6O3. The molecule has 3 heterocycles. The number of hydrogen-bond donors (Lipinski definition) is 2. The smallest absolute Gasteiger partial charge is 0.312 e. The van der Waals surface area contributed by atoms with Crippen LogP contribution in [0.5, 0.6) is 11.5 Å². The fourth-order valence-corrected chi connectivity index (χ4v) is 3.09. The normalized spacial score (nSPS) is 12.5. The Morgan fingerprint density at radius 2 is 2.07 bits per heavy atom. The van der Waals surface area contributed by atoms with Crippen molar-refractivity contribution >= 4 is 23.4 Å². The number of anilines is 1. The van der Waals surface area contributed by atoms with Crippen LogP contribution in [0.15, 0.2) is 12.1 Å². The fraction of sp³-hybridized carbons (Fsp3) is 0.294. The zero-order valence-corrected chi connectivity index (χ0v) is 14.5. The van der Waals surface area contributed by atoms with Crippen molar-refractivity contribution in [2.45, 2.75) is 19.9 Å². The van der Waals surface area contributed by atoms with Crippen molar-refractivity contribution in [1.82, 2.24) is 24.8 Å². The van der Waals surface area contributed by atoms with E-state index in [0.717, 1.165) is 11.1 Å². The molecule has 27 heavy (non-hydrogen) atoms. The SMILES string of the molecule is Cc1cc2c(cc1Cc1nc3c(N)nc(F)nc3n1CCNC=O)OCO2. The summed E-state index contributed by atoms with van der Waals surface area (Å²) < 4.78 is 26.2. The Kier molecular flexibility index (Phi) is 4.22. The molecule has 0 aliphatic carbocycles. The Labute approximate surface area is 153 Å². The van der Waals surface area contributed by atoms with Gasteiger partial charge in [0.05, 0.1) is 0 Å². The van der Waals surface area contributed by atoms with Crippen LogP contribution >= 0.6 is 0 Å². The molecular weight excluding hydrogens is 355 g/mol. The van der Waals surface area contributed by atoms with Gasteiger partial charge in [-0.15, -0.1) is 0 Å². The van der Waals surface area contributed by atoms with Gasteiger partial charge in [0.1, 0.15) is 5.82 Å². The highest BCUT2D eigenvalue weighted by molar-refractivity contribution is 5.82. The summed E-state index contributed by atoms with van der Waals surface area (Å²) in [6.45, 7) is 2.86. The number of nitrogens with two attached hydrogens (primary N) is 1. The average molecular weight is 372 g/mol. The van der Waals surface area contributed by atoms with E-state index in [1.807, 2.05) is 19.1 Å². The number of carbonyl (C=O) groups is 1. The summed E-state index contributed by atoms with van der Waals surface area (Å²) in [6, 6.07) is 3.81.